The van der Waals surface area contributed by atoms with Crippen molar-refractivity contribution in [3.05, 3.63) is 74.5 Å². The van der Waals surface area contributed by atoms with Gasteiger partial charge in [0.05, 0.1) is 7.11 Å². The third-order valence-corrected chi connectivity index (χ3v) is 5.50. The van der Waals surface area contributed by atoms with Gasteiger partial charge < -0.3 is 15.0 Å². The molecule has 0 saturated heterocycles. The Morgan fingerprint density at radius 1 is 1.15 bits per heavy atom. The first-order valence-corrected chi connectivity index (χ1v) is 9.58. The van der Waals surface area contributed by atoms with Crippen LogP contribution in [0.1, 0.15) is 28.6 Å². The highest BCUT2D eigenvalue weighted by atomic mass is 35.5. The van der Waals surface area contributed by atoms with E-state index in [-0.39, 0.29) is 18.0 Å². The second-order valence-corrected chi connectivity index (χ2v) is 7.41. The summed E-state index contributed by atoms with van der Waals surface area (Å²) in [6.07, 6.45) is 0.739. The molecule has 1 aromatic carbocycles. The van der Waals surface area contributed by atoms with Crippen molar-refractivity contribution in [1.82, 2.24) is 10.3 Å². The van der Waals surface area contributed by atoms with Gasteiger partial charge in [0.1, 0.15) is 5.75 Å². The van der Waals surface area contributed by atoms with E-state index in [9.17, 15) is 4.79 Å². The predicted molar refractivity (Wildman–Crippen MR) is 115 cm³/mol. The van der Waals surface area contributed by atoms with Crippen molar-refractivity contribution < 1.29 is 4.74 Å². The van der Waals surface area contributed by atoms with Gasteiger partial charge >= 0.3 is 0 Å². The molecule has 3 aromatic rings. The van der Waals surface area contributed by atoms with Crippen LogP contribution >= 0.6 is 23.7 Å². The summed E-state index contributed by atoms with van der Waals surface area (Å²) < 4.78 is 5.26. The molecule has 0 aliphatic carbocycles. The fraction of sp³-hybridized carbons (Fsp3) is 0.286. The lowest BCUT2D eigenvalue weighted by molar-refractivity contribution is 0.414. The normalized spacial score (nSPS) is 10.5. The monoisotopic (exact) mass is 404 g/mol. The number of halogens is 1. The summed E-state index contributed by atoms with van der Waals surface area (Å²) in [7, 11) is 1.68. The van der Waals surface area contributed by atoms with Crippen LogP contribution in [0.2, 0.25) is 0 Å². The van der Waals surface area contributed by atoms with Crippen molar-refractivity contribution in [1.29, 1.82) is 0 Å². The zero-order chi connectivity index (χ0) is 18.5. The van der Waals surface area contributed by atoms with Crippen LogP contribution in [0.3, 0.4) is 0 Å². The molecule has 2 aromatic heterocycles. The van der Waals surface area contributed by atoms with Crippen LogP contribution in [0.5, 0.6) is 5.75 Å². The minimum absolute atomic E-state index is 0. The highest BCUT2D eigenvalue weighted by molar-refractivity contribution is 7.15. The van der Waals surface area contributed by atoms with E-state index in [2.05, 4.69) is 28.5 Å². The van der Waals surface area contributed by atoms with Crippen LogP contribution in [0, 0.1) is 6.92 Å². The predicted octanol–water partition coefficient (Wildman–Crippen LogP) is 4.69. The Hall–Kier alpha value is -2.08. The van der Waals surface area contributed by atoms with Gasteiger partial charge in [0, 0.05) is 39.7 Å². The molecule has 0 unspecified atom stereocenters. The molecule has 2 heterocycles. The summed E-state index contributed by atoms with van der Waals surface area (Å²) in [4.78, 5) is 17.3. The van der Waals surface area contributed by atoms with E-state index in [0.29, 0.717) is 0 Å². The smallest absolute Gasteiger partial charge is 0.251 e. The number of methoxy groups -OCH3 is 1. The number of aromatic nitrogens is 1. The maximum Gasteiger partial charge on any atom is 0.251 e. The number of aromatic amines is 1. The molecule has 0 fully saturated rings. The molecule has 0 saturated carbocycles. The number of thiophene rings is 1. The molecule has 6 heteroatoms. The maximum absolute atomic E-state index is 11.9. The molecule has 0 aliphatic heterocycles. The molecule has 3 rings (SSSR count). The molecule has 4 nitrogen and oxygen atoms in total. The summed E-state index contributed by atoms with van der Waals surface area (Å²) in [5, 5.41) is 3.48. The van der Waals surface area contributed by atoms with Gasteiger partial charge in [-0.1, -0.05) is 19.1 Å². The summed E-state index contributed by atoms with van der Waals surface area (Å²) in [5.41, 5.74) is 4.09. The second-order valence-electron chi connectivity index (χ2n) is 6.24. The van der Waals surface area contributed by atoms with E-state index in [1.165, 1.54) is 15.3 Å². The lowest BCUT2D eigenvalue weighted by Crippen LogP contribution is -2.13. The largest absolute Gasteiger partial charge is 0.497 e. The third-order valence-electron chi connectivity index (χ3n) is 4.39. The van der Waals surface area contributed by atoms with Crippen molar-refractivity contribution in [2.24, 2.45) is 0 Å². The van der Waals surface area contributed by atoms with Gasteiger partial charge in [-0.25, -0.2) is 0 Å². The molecule has 2 N–H and O–H groups in total. The van der Waals surface area contributed by atoms with Gasteiger partial charge in [-0.3, -0.25) is 4.79 Å². The number of benzene rings is 1. The number of H-pyrrole nitrogens is 1. The fourth-order valence-electron chi connectivity index (χ4n) is 2.91. The molecular formula is C21H25ClN2O2S. The van der Waals surface area contributed by atoms with Gasteiger partial charge in [-0.15, -0.1) is 23.7 Å². The van der Waals surface area contributed by atoms with Crippen molar-refractivity contribution in [3.8, 4) is 16.2 Å². The van der Waals surface area contributed by atoms with Gasteiger partial charge in [0.25, 0.3) is 5.56 Å². The Morgan fingerprint density at radius 3 is 2.70 bits per heavy atom. The standard InChI is InChI=1S/C21H24N2O2S.ClH/c1-4-16-11-19(14(2)23-21(16)24)20-9-8-18(26-20)13-22-12-15-6-5-7-17(10-15)25-3;/h5-11,22H,4,12-13H2,1-3H3,(H,23,24);1H. The summed E-state index contributed by atoms with van der Waals surface area (Å²) in [5.74, 6) is 0.878. The first kappa shape index (κ1) is 21.2. The SMILES string of the molecule is CCc1cc(-c2ccc(CNCc3cccc(OC)c3)s2)c(C)[nH]c1=O.Cl. The Balaban J connectivity index is 0.00000261. The molecule has 0 spiro atoms. The van der Waals surface area contributed by atoms with E-state index in [1.807, 2.05) is 38.1 Å². The second kappa shape index (κ2) is 9.74. The van der Waals surface area contributed by atoms with Crippen molar-refractivity contribution in [3.63, 3.8) is 0 Å². The fourth-order valence-corrected chi connectivity index (χ4v) is 3.97. The van der Waals surface area contributed by atoms with E-state index in [4.69, 9.17) is 4.74 Å². The first-order valence-electron chi connectivity index (χ1n) is 8.76. The van der Waals surface area contributed by atoms with E-state index >= 15 is 0 Å². The highest BCUT2D eigenvalue weighted by Crippen LogP contribution is 2.30. The van der Waals surface area contributed by atoms with Crippen LogP contribution in [0.4, 0.5) is 0 Å². The Kier molecular flexibility index (Phi) is 7.66. The van der Waals surface area contributed by atoms with Crippen LogP contribution in [-0.2, 0) is 19.5 Å². The number of hydrogen-bond acceptors (Lipinski definition) is 4. The number of hydrogen-bond donors (Lipinski definition) is 2. The van der Waals surface area contributed by atoms with Crippen LogP contribution < -0.4 is 15.6 Å². The number of rotatable bonds is 7. The molecule has 144 valence electrons. The zero-order valence-corrected chi connectivity index (χ0v) is 17.4. The van der Waals surface area contributed by atoms with E-state index in [0.717, 1.165) is 42.1 Å². The minimum atomic E-state index is 0. The van der Waals surface area contributed by atoms with Gasteiger partial charge in [0.2, 0.25) is 0 Å². The summed E-state index contributed by atoms with van der Waals surface area (Å²) in [6.45, 7) is 5.57. The van der Waals surface area contributed by atoms with Gasteiger partial charge in [0.15, 0.2) is 0 Å². The van der Waals surface area contributed by atoms with Gasteiger partial charge in [-0.05, 0) is 49.2 Å². The number of nitrogens with one attached hydrogen (secondary N) is 2. The molecule has 0 amide bonds. The third kappa shape index (κ3) is 5.22. The highest BCUT2D eigenvalue weighted by Gasteiger charge is 2.09. The van der Waals surface area contributed by atoms with E-state index < -0.39 is 0 Å². The van der Waals surface area contributed by atoms with Crippen LogP contribution in [0.15, 0.2) is 47.3 Å². The lowest BCUT2D eigenvalue weighted by atomic mass is 10.1. The average molecular weight is 405 g/mol. The number of ether oxygens (including phenoxy) is 1. The summed E-state index contributed by atoms with van der Waals surface area (Å²) in [6, 6.07) is 14.4. The molecular weight excluding hydrogens is 380 g/mol. The van der Waals surface area contributed by atoms with Gasteiger partial charge in [-0.2, -0.15) is 0 Å². The number of pyridine rings is 1. The minimum Gasteiger partial charge on any atom is -0.497 e. The zero-order valence-electron chi connectivity index (χ0n) is 15.8. The molecule has 0 atom stereocenters. The average Bonchev–Trinajstić information content (AvgIpc) is 3.10. The topological polar surface area (TPSA) is 54.1 Å². The van der Waals surface area contributed by atoms with Crippen LogP contribution in [0.25, 0.3) is 10.4 Å². The molecule has 0 aliphatic rings. The maximum atomic E-state index is 11.9. The van der Waals surface area contributed by atoms with Crippen molar-refractivity contribution in [2.45, 2.75) is 33.4 Å². The lowest BCUT2D eigenvalue weighted by Gasteiger charge is -2.06. The first-order chi connectivity index (χ1) is 12.6. The Morgan fingerprint density at radius 2 is 1.96 bits per heavy atom. The van der Waals surface area contributed by atoms with E-state index in [1.54, 1.807) is 18.4 Å². The molecule has 0 bridgehead atoms. The Bertz CT molecular complexity index is 949. The molecule has 0 radical (unpaired) electrons. The number of aryl methyl sites for hydroxylation is 2. The van der Waals surface area contributed by atoms with Crippen molar-refractivity contribution in [2.75, 3.05) is 7.11 Å². The quantitative estimate of drug-likeness (QED) is 0.600. The van der Waals surface area contributed by atoms with Crippen molar-refractivity contribution >= 4 is 23.7 Å². The summed E-state index contributed by atoms with van der Waals surface area (Å²) >= 11 is 1.76. The Labute approximate surface area is 170 Å². The van der Waals surface area contributed by atoms with Crippen LogP contribution in [-0.4, -0.2) is 12.1 Å². The molecule has 27 heavy (non-hydrogen) atoms.